The lowest BCUT2D eigenvalue weighted by atomic mass is 10.1. The molecule has 0 radical (unpaired) electrons. The largest absolute Gasteiger partial charge is 0.506 e. The molecule has 0 bridgehead atoms. The first-order valence-electron chi connectivity index (χ1n) is 7.60. The van der Waals surface area contributed by atoms with Crippen molar-refractivity contribution < 1.29 is 24.2 Å². The Labute approximate surface area is 149 Å². The third-order valence-corrected chi connectivity index (χ3v) is 3.59. The summed E-state index contributed by atoms with van der Waals surface area (Å²) in [6, 6.07) is 6.39. The Balaban J connectivity index is 2.57. The van der Waals surface area contributed by atoms with Crippen LogP contribution in [0.5, 0.6) is 11.7 Å². The molecule has 2 aromatic rings. The number of carbonyl (C=O) groups is 2. The molecular formula is C18H18N2O6. The second-order valence-electron chi connectivity index (χ2n) is 5.80. The molecule has 0 unspecified atom stereocenters. The number of aromatic hydroxyl groups is 2. The number of Topliss-reactive ketones (excluding diaryl/α,β-unsaturated/α-hetero) is 1. The van der Waals surface area contributed by atoms with E-state index in [-0.39, 0.29) is 17.2 Å². The van der Waals surface area contributed by atoms with Crippen molar-refractivity contribution in [3.05, 3.63) is 51.4 Å². The van der Waals surface area contributed by atoms with Crippen molar-refractivity contribution in [2.24, 2.45) is 4.99 Å². The topological polar surface area (TPSA) is 120 Å². The molecule has 0 aliphatic carbocycles. The number of hydrogen-bond acceptors (Lipinski definition) is 7. The van der Waals surface area contributed by atoms with Gasteiger partial charge in [-0.25, -0.2) is 4.79 Å². The van der Waals surface area contributed by atoms with Crippen LogP contribution in [0.4, 0.5) is 5.69 Å². The summed E-state index contributed by atoms with van der Waals surface area (Å²) in [6.45, 7) is 2.55. The van der Waals surface area contributed by atoms with Gasteiger partial charge in [-0.1, -0.05) is 6.07 Å². The quantitative estimate of drug-likeness (QED) is 0.638. The highest BCUT2D eigenvalue weighted by Gasteiger charge is 2.24. The van der Waals surface area contributed by atoms with E-state index < -0.39 is 28.7 Å². The molecule has 0 saturated heterocycles. The minimum atomic E-state index is -1.04. The predicted molar refractivity (Wildman–Crippen MR) is 94.6 cm³/mol. The molecule has 0 aliphatic rings. The Morgan fingerprint density at radius 2 is 1.77 bits per heavy atom. The van der Waals surface area contributed by atoms with Crippen molar-refractivity contribution >= 4 is 23.1 Å². The van der Waals surface area contributed by atoms with Gasteiger partial charge in [0.15, 0.2) is 5.78 Å². The molecule has 1 heterocycles. The molecule has 0 saturated carbocycles. The zero-order valence-corrected chi connectivity index (χ0v) is 14.7. The standard InChI is InChI=1S/C18H18N2O6/c1-9(13-15(22)14(10(2)21)18(25)26-17(13)24)19-12-7-5-6-11(8-12)16(23)20(3)4/h5-8,22,25H,1-4H3. The van der Waals surface area contributed by atoms with Crippen molar-refractivity contribution in [2.45, 2.75) is 13.8 Å². The fourth-order valence-electron chi connectivity index (χ4n) is 2.37. The fourth-order valence-corrected chi connectivity index (χ4v) is 2.37. The Bertz CT molecular complexity index is 972. The van der Waals surface area contributed by atoms with Crippen molar-refractivity contribution in [3.63, 3.8) is 0 Å². The molecule has 136 valence electrons. The van der Waals surface area contributed by atoms with Gasteiger partial charge in [-0.3, -0.25) is 14.6 Å². The molecular weight excluding hydrogens is 340 g/mol. The lowest BCUT2D eigenvalue weighted by molar-refractivity contribution is 0.0827. The van der Waals surface area contributed by atoms with Gasteiger partial charge in [0, 0.05) is 19.7 Å². The van der Waals surface area contributed by atoms with E-state index in [1.54, 1.807) is 32.3 Å². The average Bonchev–Trinajstić information content (AvgIpc) is 2.53. The molecule has 1 amide bonds. The van der Waals surface area contributed by atoms with E-state index in [0.29, 0.717) is 11.3 Å². The normalized spacial score (nSPS) is 11.3. The molecule has 1 aromatic carbocycles. The van der Waals surface area contributed by atoms with Crippen LogP contribution in [0.3, 0.4) is 0 Å². The number of carbonyl (C=O) groups excluding carboxylic acids is 2. The summed E-state index contributed by atoms with van der Waals surface area (Å²) in [6.07, 6.45) is 0. The van der Waals surface area contributed by atoms with Crippen LogP contribution in [0.25, 0.3) is 0 Å². The van der Waals surface area contributed by atoms with Gasteiger partial charge in [0.25, 0.3) is 11.9 Å². The number of amides is 1. The maximum Gasteiger partial charge on any atom is 0.351 e. The molecule has 0 spiro atoms. The smallest absolute Gasteiger partial charge is 0.351 e. The van der Waals surface area contributed by atoms with Gasteiger partial charge in [-0.05, 0) is 32.0 Å². The summed E-state index contributed by atoms with van der Waals surface area (Å²) in [5.41, 5.74) is -1.04. The van der Waals surface area contributed by atoms with Gasteiger partial charge in [0.05, 0.1) is 11.4 Å². The highest BCUT2D eigenvalue weighted by atomic mass is 16.5. The van der Waals surface area contributed by atoms with Crippen molar-refractivity contribution in [1.82, 2.24) is 4.90 Å². The van der Waals surface area contributed by atoms with Gasteiger partial charge in [-0.2, -0.15) is 0 Å². The summed E-state index contributed by atoms with van der Waals surface area (Å²) >= 11 is 0. The van der Waals surface area contributed by atoms with Crippen LogP contribution in [0.2, 0.25) is 0 Å². The summed E-state index contributed by atoms with van der Waals surface area (Å²) in [5, 5.41) is 19.8. The van der Waals surface area contributed by atoms with E-state index in [0.717, 1.165) is 6.92 Å². The van der Waals surface area contributed by atoms with E-state index in [4.69, 9.17) is 0 Å². The zero-order chi connectivity index (χ0) is 19.6. The minimum Gasteiger partial charge on any atom is -0.506 e. The van der Waals surface area contributed by atoms with Crippen molar-refractivity contribution in [2.75, 3.05) is 14.1 Å². The van der Waals surface area contributed by atoms with Gasteiger partial charge in [0.1, 0.15) is 16.9 Å². The second kappa shape index (κ2) is 7.22. The van der Waals surface area contributed by atoms with Crippen LogP contribution < -0.4 is 5.63 Å². The number of ketones is 1. The maximum atomic E-state index is 12.0. The van der Waals surface area contributed by atoms with Gasteiger partial charge >= 0.3 is 5.63 Å². The third-order valence-electron chi connectivity index (χ3n) is 3.59. The monoisotopic (exact) mass is 358 g/mol. The molecule has 26 heavy (non-hydrogen) atoms. The number of benzene rings is 1. The van der Waals surface area contributed by atoms with E-state index in [2.05, 4.69) is 9.41 Å². The lowest BCUT2D eigenvalue weighted by Crippen LogP contribution is -2.21. The Morgan fingerprint density at radius 3 is 2.35 bits per heavy atom. The summed E-state index contributed by atoms with van der Waals surface area (Å²) in [4.78, 5) is 41.2. The fraction of sp³-hybridized carbons (Fsp3) is 0.222. The van der Waals surface area contributed by atoms with E-state index >= 15 is 0 Å². The predicted octanol–water partition coefficient (Wildman–Crippen LogP) is 2.10. The van der Waals surface area contributed by atoms with Crippen molar-refractivity contribution in [1.29, 1.82) is 0 Å². The molecule has 1 aromatic heterocycles. The highest BCUT2D eigenvalue weighted by Crippen LogP contribution is 2.29. The number of hydrogen-bond donors (Lipinski definition) is 2. The Kier molecular flexibility index (Phi) is 5.25. The highest BCUT2D eigenvalue weighted by molar-refractivity contribution is 6.07. The Hall–Kier alpha value is -3.42. The first-order chi connectivity index (χ1) is 12.1. The summed E-state index contributed by atoms with van der Waals surface area (Å²) < 4.78 is 4.61. The van der Waals surface area contributed by atoms with Gasteiger partial charge < -0.3 is 19.5 Å². The Morgan fingerprint density at radius 1 is 1.12 bits per heavy atom. The first kappa shape index (κ1) is 18.9. The van der Waals surface area contributed by atoms with Crippen LogP contribution in [0, 0.1) is 0 Å². The second-order valence-corrected chi connectivity index (χ2v) is 5.80. The maximum absolute atomic E-state index is 12.0. The average molecular weight is 358 g/mol. The molecule has 2 N–H and O–H groups in total. The van der Waals surface area contributed by atoms with Crippen LogP contribution in [0.15, 0.2) is 38.5 Å². The molecule has 0 fully saturated rings. The molecule has 8 heteroatoms. The van der Waals surface area contributed by atoms with Crippen LogP contribution in [-0.4, -0.2) is 46.6 Å². The number of rotatable bonds is 4. The molecule has 8 nitrogen and oxygen atoms in total. The van der Waals surface area contributed by atoms with Crippen LogP contribution >= 0.6 is 0 Å². The van der Waals surface area contributed by atoms with E-state index in [1.807, 2.05) is 0 Å². The SMILES string of the molecule is CC(=O)c1c(O)oc(=O)c(C(C)=Nc2cccc(C(=O)N(C)C)c2)c1O. The van der Waals surface area contributed by atoms with E-state index in [9.17, 15) is 24.6 Å². The van der Waals surface area contributed by atoms with E-state index in [1.165, 1.54) is 17.9 Å². The molecule has 2 rings (SSSR count). The van der Waals surface area contributed by atoms with Crippen LogP contribution in [-0.2, 0) is 0 Å². The van der Waals surface area contributed by atoms with Gasteiger partial charge in [0.2, 0.25) is 0 Å². The van der Waals surface area contributed by atoms with Crippen molar-refractivity contribution in [3.8, 4) is 11.7 Å². The summed E-state index contributed by atoms with van der Waals surface area (Å²) in [5.74, 6) is -2.54. The number of aliphatic imine (C=N–C) groups is 1. The molecule has 0 aliphatic heterocycles. The van der Waals surface area contributed by atoms with Crippen LogP contribution in [0.1, 0.15) is 40.1 Å². The zero-order valence-electron chi connectivity index (χ0n) is 14.7. The minimum absolute atomic E-state index is 0.0632. The lowest BCUT2D eigenvalue weighted by Gasteiger charge is -2.10. The number of nitrogens with zero attached hydrogens (tertiary/aromatic N) is 2. The van der Waals surface area contributed by atoms with Gasteiger partial charge in [-0.15, -0.1) is 0 Å². The first-order valence-corrected chi connectivity index (χ1v) is 7.60. The third kappa shape index (κ3) is 3.64. The molecule has 0 atom stereocenters. The summed E-state index contributed by atoms with van der Waals surface area (Å²) in [7, 11) is 3.24.